The maximum atomic E-state index is 11.2. The van der Waals surface area contributed by atoms with E-state index < -0.39 is 6.09 Å². The zero-order valence-electron chi connectivity index (χ0n) is 7.38. The van der Waals surface area contributed by atoms with E-state index in [1.807, 2.05) is 0 Å². The van der Waals surface area contributed by atoms with E-state index in [9.17, 15) is 9.59 Å². The van der Waals surface area contributed by atoms with Gasteiger partial charge in [-0.05, 0) is 6.92 Å². The van der Waals surface area contributed by atoms with Gasteiger partial charge in [-0.15, -0.1) is 0 Å². The standard InChI is InChI=1S/C8H10N2O3/c1-5-7(13-8(12)9-2)6(11)3-4-10-5/h3-4H,1-2H3,(H,9,12)(H,10,11). The summed E-state index contributed by atoms with van der Waals surface area (Å²) in [5.41, 5.74) is 0.205. The van der Waals surface area contributed by atoms with Gasteiger partial charge in [0.25, 0.3) is 0 Å². The molecule has 0 spiro atoms. The number of nitrogens with one attached hydrogen (secondary N) is 2. The first-order chi connectivity index (χ1) is 6.15. The zero-order valence-corrected chi connectivity index (χ0v) is 7.38. The number of pyridine rings is 1. The lowest BCUT2D eigenvalue weighted by Crippen LogP contribution is -2.25. The third-order valence-electron chi connectivity index (χ3n) is 1.50. The third kappa shape index (κ3) is 2.08. The summed E-state index contributed by atoms with van der Waals surface area (Å²) >= 11 is 0. The number of aromatic amines is 1. The number of aromatic nitrogens is 1. The van der Waals surface area contributed by atoms with Crippen LogP contribution in [0.25, 0.3) is 0 Å². The van der Waals surface area contributed by atoms with Gasteiger partial charge in [0.1, 0.15) is 0 Å². The number of H-pyrrole nitrogens is 1. The van der Waals surface area contributed by atoms with E-state index in [1.165, 1.54) is 19.3 Å². The summed E-state index contributed by atoms with van der Waals surface area (Å²) in [7, 11) is 1.43. The van der Waals surface area contributed by atoms with Crippen molar-refractivity contribution < 1.29 is 9.53 Å². The molecule has 1 rings (SSSR count). The van der Waals surface area contributed by atoms with E-state index in [0.717, 1.165) is 0 Å². The average Bonchev–Trinajstić information content (AvgIpc) is 2.11. The van der Waals surface area contributed by atoms with Gasteiger partial charge in [-0.1, -0.05) is 0 Å². The van der Waals surface area contributed by atoms with Crippen LogP contribution in [0.15, 0.2) is 17.1 Å². The quantitative estimate of drug-likeness (QED) is 0.660. The third-order valence-corrected chi connectivity index (χ3v) is 1.50. The SMILES string of the molecule is CNC(=O)Oc1c(C)[nH]ccc1=O. The maximum absolute atomic E-state index is 11.2. The molecular formula is C8H10N2O3. The topological polar surface area (TPSA) is 71.2 Å². The predicted molar refractivity (Wildman–Crippen MR) is 46.9 cm³/mol. The van der Waals surface area contributed by atoms with Gasteiger partial charge in [-0.3, -0.25) is 4.79 Å². The second kappa shape index (κ2) is 3.75. The Bertz CT molecular complexity index is 370. The van der Waals surface area contributed by atoms with E-state index in [0.29, 0.717) is 5.69 Å². The van der Waals surface area contributed by atoms with Crippen molar-refractivity contribution in [2.75, 3.05) is 7.05 Å². The first kappa shape index (κ1) is 9.31. The lowest BCUT2D eigenvalue weighted by molar-refractivity contribution is 0.202. The molecule has 0 aromatic carbocycles. The molecule has 1 aromatic heterocycles. The van der Waals surface area contributed by atoms with Crippen LogP contribution in [0.2, 0.25) is 0 Å². The molecule has 5 heteroatoms. The second-order valence-corrected chi connectivity index (χ2v) is 2.44. The molecule has 1 amide bonds. The van der Waals surface area contributed by atoms with Crippen molar-refractivity contribution in [1.29, 1.82) is 0 Å². The van der Waals surface area contributed by atoms with Crippen molar-refractivity contribution in [2.45, 2.75) is 6.92 Å². The van der Waals surface area contributed by atoms with Crippen LogP contribution in [0.5, 0.6) is 5.75 Å². The van der Waals surface area contributed by atoms with Crippen molar-refractivity contribution in [3.05, 3.63) is 28.2 Å². The first-order valence-corrected chi connectivity index (χ1v) is 3.73. The largest absolute Gasteiger partial charge is 0.412 e. The predicted octanol–water partition coefficient (Wildman–Crippen LogP) is 0.402. The lowest BCUT2D eigenvalue weighted by atomic mass is 10.3. The zero-order chi connectivity index (χ0) is 9.84. The normalized spacial score (nSPS) is 9.38. The molecule has 5 nitrogen and oxygen atoms in total. The molecule has 0 radical (unpaired) electrons. The van der Waals surface area contributed by atoms with Crippen LogP contribution in [-0.4, -0.2) is 18.1 Å². The number of ether oxygens (including phenoxy) is 1. The van der Waals surface area contributed by atoms with Gasteiger partial charge in [0, 0.05) is 19.3 Å². The molecule has 0 saturated heterocycles. The van der Waals surface area contributed by atoms with Crippen molar-refractivity contribution >= 4 is 6.09 Å². The van der Waals surface area contributed by atoms with Crippen molar-refractivity contribution in [1.82, 2.24) is 10.3 Å². The minimum absolute atomic E-state index is 0.0295. The molecule has 0 bridgehead atoms. The summed E-state index contributed by atoms with van der Waals surface area (Å²) in [6.45, 7) is 1.65. The Morgan fingerprint density at radius 1 is 1.62 bits per heavy atom. The summed E-state index contributed by atoms with van der Waals surface area (Å²) in [6, 6.07) is 1.30. The molecule has 0 aliphatic rings. The van der Waals surface area contributed by atoms with Gasteiger partial charge < -0.3 is 15.0 Å². The van der Waals surface area contributed by atoms with Crippen LogP contribution >= 0.6 is 0 Å². The van der Waals surface area contributed by atoms with Crippen molar-refractivity contribution in [2.24, 2.45) is 0 Å². The Morgan fingerprint density at radius 3 is 2.85 bits per heavy atom. The Hall–Kier alpha value is -1.78. The van der Waals surface area contributed by atoms with E-state index in [-0.39, 0.29) is 11.2 Å². The lowest BCUT2D eigenvalue weighted by Gasteiger charge is -2.04. The molecule has 0 saturated carbocycles. The summed E-state index contributed by atoms with van der Waals surface area (Å²) in [5.74, 6) is 0.0295. The molecular weight excluding hydrogens is 172 g/mol. The molecule has 13 heavy (non-hydrogen) atoms. The summed E-state index contributed by atoms with van der Waals surface area (Å²) in [5, 5.41) is 2.25. The van der Waals surface area contributed by atoms with Crippen LogP contribution in [0.1, 0.15) is 5.69 Å². The molecule has 0 aliphatic carbocycles. The van der Waals surface area contributed by atoms with Crippen LogP contribution < -0.4 is 15.5 Å². The van der Waals surface area contributed by atoms with Crippen LogP contribution in [0, 0.1) is 6.92 Å². The molecule has 1 heterocycles. The van der Waals surface area contributed by atoms with Gasteiger partial charge in [-0.25, -0.2) is 4.79 Å². The highest BCUT2D eigenvalue weighted by Gasteiger charge is 2.08. The van der Waals surface area contributed by atoms with Gasteiger partial charge >= 0.3 is 6.09 Å². The Balaban J connectivity index is 3.00. The fraction of sp³-hybridized carbons (Fsp3) is 0.250. The fourth-order valence-electron chi connectivity index (χ4n) is 0.839. The van der Waals surface area contributed by atoms with E-state index in [4.69, 9.17) is 4.74 Å². The van der Waals surface area contributed by atoms with Gasteiger partial charge in [0.15, 0.2) is 5.75 Å². The molecule has 70 valence electrons. The monoisotopic (exact) mass is 182 g/mol. The molecule has 0 fully saturated rings. The number of hydrogen-bond donors (Lipinski definition) is 2. The Morgan fingerprint density at radius 2 is 2.31 bits per heavy atom. The maximum Gasteiger partial charge on any atom is 0.412 e. The van der Waals surface area contributed by atoms with Crippen LogP contribution in [0.4, 0.5) is 4.79 Å². The smallest absolute Gasteiger partial charge is 0.404 e. The van der Waals surface area contributed by atoms with Crippen molar-refractivity contribution in [3.8, 4) is 5.75 Å². The molecule has 1 aromatic rings. The molecule has 0 atom stereocenters. The Labute approximate surface area is 74.7 Å². The molecule has 0 unspecified atom stereocenters. The van der Waals surface area contributed by atoms with E-state index in [1.54, 1.807) is 6.92 Å². The minimum Gasteiger partial charge on any atom is -0.404 e. The van der Waals surface area contributed by atoms with Crippen LogP contribution in [0.3, 0.4) is 0 Å². The highest BCUT2D eigenvalue weighted by atomic mass is 16.6. The number of rotatable bonds is 1. The number of amides is 1. The molecule has 2 N–H and O–H groups in total. The van der Waals surface area contributed by atoms with Gasteiger partial charge in [0.2, 0.25) is 5.43 Å². The number of carbonyl (C=O) groups is 1. The van der Waals surface area contributed by atoms with E-state index in [2.05, 4.69) is 10.3 Å². The van der Waals surface area contributed by atoms with Crippen LogP contribution in [-0.2, 0) is 0 Å². The summed E-state index contributed by atoms with van der Waals surface area (Å²) in [4.78, 5) is 24.7. The number of hydrogen-bond acceptors (Lipinski definition) is 3. The molecule has 0 aliphatic heterocycles. The number of carbonyl (C=O) groups excluding carboxylic acids is 1. The highest BCUT2D eigenvalue weighted by molar-refractivity contribution is 5.70. The summed E-state index contributed by atoms with van der Waals surface area (Å²) in [6.07, 6.45) is 0.841. The number of aryl methyl sites for hydroxylation is 1. The fourth-order valence-corrected chi connectivity index (χ4v) is 0.839. The van der Waals surface area contributed by atoms with E-state index >= 15 is 0 Å². The highest BCUT2D eigenvalue weighted by Crippen LogP contribution is 2.06. The first-order valence-electron chi connectivity index (χ1n) is 3.73. The minimum atomic E-state index is -0.653. The summed E-state index contributed by atoms with van der Waals surface area (Å²) < 4.78 is 4.73. The second-order valence-electron chi connectivity index (χ2n) is 2.44. The van der Waals surface area contributed by atoms with Crippen molar-refractivity contribution in [3.63, 3.8) is 0 Å². The van der Waals surface area contributed by atoms with Gasteiger partial charge in [-0.2, -0.15) is 0 Å². The van der Waals surface area contributed by atoms with Gasteiger partial charge in [0.05, 0.1) is 5.69 Å². The Kier molecular flexibility index (Phi) is 2.69. The average molecular weight is 182 g/mol.